The standard InChI is InChI=1S/C21H16N4O3/c1-27-15-9-7-14(8-10-15)25-19-16-5-2-3-6-18(16)28-20(26)17(19)13-24-21-22-11-4-12-23-21/h2-13,25H,1H3/b24-13+. The molecule has 0 spiro atoms. The molecule has 28 heavy (non-hydrogen) atoms. The maximum Gasteiger partial charge on any atom is 0.347 e. The van der Waals surface area contributed by atoms with Gasteiger partial charge in [-0.25, -0.2) is 19.8 Å². The average molecular weight is 372 g/mol. The molecular weight excluding hydrogens is 356 g/mol. The van der Waals surface area contributed by atoms with Gasteiger partial charge in [-0.3, -0.25) is 0 Å². The number of rotatable bonds is 5. The Labute approximate surface area is 160 Å². The maximum atomic E-state index is 12.6. The summed E-state index contributed by atoms with van der Waals surface area (Å²) in [6, 6.07) is 16.4. The van der Waals surface area contributed by atoms with E-state index in [0.29, 0.717) is 11.3 Å². The third-order valence-corrected chi connectivity index (χ3v) is 4.07. The molecule has 0 aliphatic carbocycles. The van der Waals surface area contributed by atoms with Gasteiger partial charge in [-0.2, -0.15) is 0 Å². The minimum Gasteiger partial charge on any atom is -0.497 e. The van der Waals surface area contributed by atoms with E-state index in [1.165, 1.54) is 6.21 Å². The van der Waals surface area contributed by atoms with Crippen molar-refractivity contribution in [1.29, 1.82) is 0 Å². The average Bonchev–Trinajstić information content (AvgIpc) is 2.74. The van der Waals surface area contributed by atoms with E-state index in [1.807, 2.05) is 42.5 Å². The van der Waals surface area contributed by atoms with Gasteiger partial charge in [-0.1, -0.05) is 12.1 Å². The minimum atomic E-state index is -0.505. The first-order valence-electron chi connectivity index (χ1n) is 8.52. The fraction of sp³-hybridized carbons (Fsp3) is 0.0476. The summed E-state index contributed by atoms with van der Waals surface area (Å²) >= 11 is 0. The summed E-state index contributed by atoms with van der Waals surface area (Å²) in [5.41, 5.74) is 1.65. The zero-order chi connectivity index (χ0) is 19.3. The summed E-state index contributed by atoms with van der Waals surface area (Å²) in [5, 5.41) is 4.05. The number of aliphatic imine (C=N–C) groups is 1. The van der Waals surface area contributed by atoms with Gasteiger partial charge < -0.3 is 14.5 Å². The van der Waals surface area contributed by atoms with Crippen LogP contribution >= 0.6 is 0 Å². The quantitative estimate of drug-likeness (QED) is 0.419. The Morgan fingerprint density at radius 1 is 1.04 bits per heavy atom. The molecule has 4 aromatic rings. The topological polar surface area (TPSA) is 89.6 Å². The molecule has 0 atom stereocenters. The van der Waals surface area contributed by atoms with Crippen LogP contribution in [0.3, 0.4) is 0 Å². The third kappa shape index (κ3) is 3.59. The van der Waals surface area contributed by atoms with E-state index in [2.05, 4.69) is 20.3 Å². The van der Waals surface area contributed by atoms with E-state index < -0.39 is 5.63 Å². The van der Waals surface area contributed by atoms with Crippen molar-refractivity contribution in [3.05, 3.63) is 83.0 Å². The van der Waals surface area contributed by atoms with Crippen LogP contribution in [0.25, 0.3) is 11.0 Å². The summed E-state index contributed by atoms with van der Waals surface area (Å²) < 4.78 is 10.6. The molecule has 0 radical (unpaired) electrons. The van der Waals surface area contributed by atoms with Gasteiger partial charge in [-0.05, 0) is 42.5 Å². The molecule has 138 valence electrons. The van der Waals surface area contributed by atoms with Crippen molar-refractivity contribution < 1.29 is 9.15 Å². The molecule has 2 aromatic heterocycles. The lowest BCUT2D eigenvalue weighted by Gasteiger charge is -2.12. The van der Waals surface area contributed by atoms with E-state index in [-0.39, 0.29) is 11.5 Å². The zero-order valence-electron chi connectivity index (χ0n) is 15.0. The molecule has 0 aliphatic heterocycles. The maximum absolute atomic E-state index is 12.6. The number of nitrogens with one attached hydrogen (secondary N) is 1. The summed E-state index contributed by atoms with van der Waals surface area (Å²) in [6.45, 7) is 0. The van der Waals surface area contributed by atoms with Crippen molar-refractivity contribution in [2.24, 2.45) is 4.99 Å². The minimum absolute atomic E-state index is 0.255. The lowest BCUT2D eigenvalue weighted by molar-refractivity contribution is 0.415. The van der Waals surface area contributed by atoms with E-state index in [0.717, 1.165) is 16.8 Å². The second-order valence-electron chi connectivity index (χ2n) is 5.83. The number of methoxy groups -OCH3 is 1. The molecule has 0 amide bonds. The van der Waals surface area contributed by atoms with Gasteiger partial charge in [0.25, 0.3) is 0 Å². The predicted octanol–water partition coefficient (Wildman–Crippen LogP) is 4.09. The molecule has 2 heterocycles. The van der Waals surface area contributed by atoms with E-state index in [1.54, 1.807) is 31.6 Å². The first-order chi connectivity index (χ1) is 13.7. The van der Waals surface area contributed by atoms with E-state index in [4.69, 9.17) is 9.15 Å². The van der Waals surface area contributed by atoms with Crippen LogP contribution in [0, 0.1) is 0 Å². The number of ether oxygens (including phenoxy) is 1. The first-order valence-corrected chi connectivity index (χ1v) is 8.52. The molecule has 0 fully saturated rings. The predicted molar refractivity (Wildman–Crippen MR) is 108 cm³/mol. The molecule has 0 aliphatic rings. The van der Waals surface area contributed by atoms with Crippen LogP contribution in [0.5, 0.6) is 5.75 Å². The van der Waals surface area contributed by atoms with Crippen LogP contribution in [0.4, 0.5) is 17.3 Å². The summed E-state index contributed by atoms with van der Waals surface area (Å²) in [4.78, 5) is 24.9. The van der Waals surface area contributed by atoms with Gasteiger partial charge in [0.2, 0.25) is 5.95 Å². The first kappa shape index (κ1) is 17.4. The van der Waals surface area contributed by atoms with E-state index >= 15 is 0 Å². The van der Waals surface area contributed by atoms with Gasteiger partial charge in [0.05, 0.1) is 12.8 Å². The molecule has 0 bridgehead atoms. The highest BCUT2D eigenvalue weighted by Gasteiger charge is 2.13. The van der Waals surface area contributed by atoms with Gasteiger partial charge in [0.1, 0.15) is 16.9 Å². The number of fused-ring (bicyclic) bond motifs is 1. The Morgan fingerprint density at radius 3 is 2.54 bits per heavy atom. The summed E-state index contributed by atoms with van der Waals surface area (Å²) in [6.07, 6.45) is 4.58. The fourth-order valence-electron chi connectivity index (χ4n) is 2.71. The molecule has 2 aromatic carbocycles. The number of hydrogen-bond acceptors (Lipinski definition) is 7. The third-order valence-electron chi connectivity index (χ3n) is 4.07. The lowest BCUT2D eigenvalue weighted by Crippen LogP contribution is -2.11. The van der Waals surface area contributed by atoms with Crippen molar-refractivity contribution in [2.75, 3.05) is 12.4 Å². The van der Waals surface area contributed by atoms with Crippen LogP contribution in [-0.2, 0) is 0 Å². The van der Waals surface area contributed by atoms with Crippen LogP contribution in [0.15, 0.2) is 81.2 Å². The molecule has 1 N–H and O–H groups in total. The zero-order valence-corrected chi connectivity index (χ0v) is 15.0. The molecule has 0 saturated heterocycles. The van der Waals surface area contributed by atoms with Gasteiger partial charge in [-0.15, -0.1) is 0 Å². The van der Waals surface area contributed by atoms with E-state index in [9.17, 15) is 4.79 Å². The Kier molecular flexibility index (Phi) is 4.79. The normalized spacial score (nSPS) is 11.0. The van der Waals surface area contributed by atoms with Crippen LogP contribution < -0.4 is 15.7 Å². The number of aromatic nitrogens is 2. The van der Waals surface area contributed by atoms with Crippen molar-refractivity contribution in [2.45, 2.75) is 0 Å². The van der Waals surface area contributed by atoms with Crippen molar-refractivity contribution in [3.63, 3.8) is 0 Å². The highest BCUT2D eigenvalue weighted by atomic mass is 16.5. The molecule has 4 rings (SSSR count). The molecule has 7 nitrogen and oxygen atoms in total. The number of nitrogens with zero attached hydrogens (tertiary/aromatic N) is 3. The van der Waals surface area contributed by atoms with Crippen LogP contribution in [0.2, 0.25) is 0 Å². The fourth-order valence-corrected chi connectivity index (χ4v) is 2.71. The van der Waals surface area contributed by atoms with Crippen molar-refractivity contribution in [3.8, 4) is 5.75 Å². The van der Waals surface area contributed by atoms with Crippen LogP contribution in [0.1, 0.15) is 5.56 Å². The van der Waals surface area contributed by atoms with Crippen LogP contribution in [-0.4, -0.2) is 23.3 Å². The summed E-state index contributed by atoms with van der Waals surface area (Å²) in [5.74, 6) is 0.997. The monoisotopic (exact) mass is 372 g/mol. The number of anilines is 2. The largest absolute Gasteiger partial charge is 0.497 e. The Morgan fingerprint density at radius 2 is 1.79 bits per heavy atom. The van der Waals surface area contributed by atoms with Gasteiger partial charge in [0.15, 0.2) is 0 Å². The highest BCUT2D eigenvalue weighted by Crippen LogP contribution is 2.28. The number of benzene rings is 2. The molecule has 0 saturated carbocycles. The SMILES string of the molecule is COc1ccc(Nc2c(/C=N/c3ncccn3)c(=O)oc3ccccc23)cc1. The molecular formula is C21H16N4O3. The number of hydrogen-bond donors (Lipinski definition) is 1. The molecule has 7 heteroatoms. The highest BCUT2D eigenvalue weighted by molar-refractivity contribution is 6.02. The second kappa shape index (κ2) is 7.71. The Balaban J connectivity index is 1.83. The molecule has 0 unspecified atom stereocenters. The second-order valence-corrected chi connectivity index (χ2v) is 5.83. The van der Waals surface area contributed by atoms with Crippen molar-refractivity contribution >= 4 is 34.5 Å². The Bertz CT molecular complexity index is 1190. The van der Waals surface area contributed by atoms with Gasteiger partial charge >= 0.3 is 5.63 Å². The summed E-state index contributed by atoms with van der Waals surface area (Å²) in [7, 11) is 1.61. The number of para-hydroxylation sites is 1. The van der Waals surface area contributed by atoms with Crippen molar-refractivity contribution in [1.82, 2.24) is 9.97 Å². The Hall–Kier alpha value is -4.00. The van der Waals surface area contributed by atoms with Gasteiger partial charge in [0, 0.05) is 29.7 Å². The smallest absolute Gasteiger partial charge is 0.347 e. The lowest BCUT2D eigenvalue weighted by atomic mass is 10.1.